The van der Waals surface area contributed by atoms with Crippen molar-refractivity contribution in [2.45, 2.75) is 20.3 Å². The Morgan fingerprint density at radius 1 is 1.27 bits per heavy atom. The van der Waals surface area contributed by atoms with Crippen molar-refractivity contribution in [1.29, 1.82) is 0 Å². The molecule has 124 valence electrons. The van der Waals surface area contributed by atoms with Gasteiger partial charge in [-0.05, 0) is 32.4 Å². The van der Waals surface area contributed by atoms with E-state index in [9.17, 15) is 0 Å². The van der Waals surface area contributed by atoms with Gasteiger partial charge in [-0.3, -0.25) is 0 Å². The monoisotopic (exact) mass is 308 g/mol. The van der Waals surface area contributed by atoms with E-state index in [1.54, 1.807) is 14.2 Å². The highest BCUT2D eigenvalue weighted by Crippen LogP contribution is 2.39. The first-order valence-electron chi connectivity index (χ1n) is 7.48. The number of hydrogen-bond acceptors (Lipinski definition) is 5. The Bertz CT molecular complexity index is 501. The predicted octanol–water partition coefficient (Wildman–Crippen LogP) is 2.62. The first-order valence-corrected chi connectivity index (χ1v) is 7.48. The van der Waals surface area contributed by atoms with E-state index in [1.807, 2.05) is 19.9 Å². The number of nitrogen functional groups attached to an aromatic ring is 1. The van der Waals surface area contributed by atoms with Crippen molar-refractivity contribution in [1.82, 2.24) is 5.32 Å². The number of rotatable bonds is 10. The maximum Gasteiger partial charge on any atom is 0.164 e. The molecular formula is C17H28N2O3. The third-order valence-electron chi connectivity index (χ3n) is 3.38. The largest absolute Gasteiger partial charge is 0.493 e. The zero-order valence-corrected chi connectivity index (χ0v) is 14.1. The minimum Gasteiger partial charge on any atom is -0.493 e. The molecule has 0 aliphatic rings. The quantitative estimate of drug-likeness (QED) is 0.514. The van der Waals surface area contributed by atoms with Crippen molar-refractivity contribution >= 4 is 11.3 Å². The zero-order valence-electron chi connectivity index (χ0n) is 14.1. The molecular weight excluding hydrogens is 280 g/mol. The van der Waals surface area contributed by atoms with Gasteiger partial charge in [0.05, 0.1) is 20.3 Å². The number of nitrogens with two attached hydrogens (primary N) is 1. The summed E-state index contributed by atoms with van der Waals surface area (Å²) in [5.41, 5.74) is 9.59. The molecule has 0 saturated heterocycles. The summed E-state index contributed by atoms with van der Waals surface area (Å²) in [5.74, 6) is 1.40. The summed E-state index contributed by atoms with van der Waals surface area (Å²) in [6.07, 6.45) is 0.897. The van der Waals surface area contributed by atoms with Crippen LogP contribution in [0.15, 0.2) is 12.6 Å². The second kappa shape index (κ2) is 9.33. The van der Waals surface area contributed by atoms with Crippen LogP contribution in [-0.4, -0.2) is 40.5 Å². The highest BCUT2D eigenvalue weighted by molar-refractivity contribution is 5.79. The van der Waals surface area contributed by atoms with Gasteiger partial charge in [0.1, 0.15) is 0 Å². The van der Waals surface area contributed by atoms with Crippen LogP contribution in [0.25, 0.3) is 5.57 Å². The van der Waals surface area contributed by atoms with Gasteiger partial charge in [-0.2, -0.15) is 0 Å². The summed E-state index contributed by atoms with van der Waals surface area (Å²) >= 11 is 0. The molecule has 0 heterocycles. The molecule has 0 amide bonds. The molecule has 0 aliphatic carbocycles. The van der Waals surface area contributed by atoms with Gasteiger partial charge in [-0.25, -0.2) is 0 Å². The standard InChI is InChI=1S/C17H28N2O3/c1-12(2)16-13(3)17(21-5)15(11-14(16)18)22-9-6-7-19-8-10-20-4/h11,19H,1,6-10,18H2,2-5H3. The van der Waals surface area contributed by atoms with Gasteiger partial charge in [0, 0.05) is 36.5 Å². The molecule has 0 atom stereocenters. The Hall–Kier alpha value is -1.72. The minimum atomic E-state index is 0.599. The number of hydrogen-bond donors (Lipinski definition) is 2. The van der Waals surface area contributed by atoms with Gasteiger partial charge in [0.25, 0.3) is 0 Å². The van der Waals surface area contributed by atoms with Crippen LogP contribution in [0.4, 0.5) is 5.69 Å². The summed E-state index contributed by atoms with van der Waals surface area (Å²) < 4.78 is 16.3. The summed E-state index contributed by atoms with van der Waals surface area (Å²) in [6, 6.07) is 1.81. The van der Waals surface area contributed by atoms with Gasteiger partial charge < -0.3 is 25.3 Å². The fourth-order valence-corrected chi connectivity index (χ4v) is 2.40. The smallest absolute Gasteiger partial charge is 0.164 e. The molecule has 0 saturated carbocycles. The van der Waals surface area contributed by atoms with Gasteiger partial charge in [-0.15, -0.1) is 0 Å². The van der Waals surface area contributed by atoms with E-state index >= 15 is 0 Å². The third-order valence-corrected chi connectivity index (χ3v) is 3.38. The first-order chi connectivity index (χ1) is 10.5. The molecule has 0 fully saturated rings. The number of anilines is 1. The van der Waals surface area contributed by atoms with Crippen molar-refractivity contribution < 1.29 is 14.2 Å². The molecule has 0 radical (unpaired) electrons. The van der Waals surface area contributed by atoms with E-state index in [0.717, 1.165) is 42.0 Å². The van der Waals surface area contributed by atoms with Crippen molar-refractivity contribution in [3.05, 3.63) is 23.8 Å². The molecule has 0 unspecified atom stereocenters. The molecule has 5 heteroatoms. The number of methoxy groups -OCH3 is 2. The van der Waals surface area contributed by atoms with Crippen LogP contribution in [0.2, 0.25) is 0 Å². The molecule has 1 aromatic carbocycles. The van der Waals surface area contributed by atoms with E-state index < -0.39 is 0 Å². The second-order valence-corrected chi connectivity index (χ2v) is 5.22. The number of allylic oxidation sites excluding steroid dienone is 1. The lowest BCUT2D eigenvalue weighted by atomic mass is 9.99. The van der Waals surface area contributed by atoms with Crippen LogP contribution in [-0.2, 0) is 4.74 Å². The van der Waals surface area contributed by atoms with Gasteiger partial charge in [0.2, 0.25) is 0 Å². The topological polar surface area (TPSA) is 65.7 Å². The average molecular weight is 308 g/mol. The van der Waals surface area contributed by atoms with Crippen LogP contribution in [0.1, 0.15) is 24.5 Å². The lowest BCUT2D eigenvalue weighted by molar-refractivity contribution is 0.198. The fourth-order valence-electron chi connectivity index (χ4n) is 2.40. The molecule has 1 rings (SSSR count). The average Bonchev–Trinajstić information content (AvgIpc) is 2.45. The van der Waals surface area contributed by atoms with Crippen LogP contribution >= 0.6 is 0 Å². The van der Waals surface area contributed by atoms with Gasteiger partial charge in [0.15, 0.2) is 11.5 Å². The molecule has 0 aliphatic heterocycles. The summed E-state index contributed by atoms with van der Waals surface area (Å²) in [7, 11) is 3.33. The van der Waals surface area contributed by atoms with E-state index in [0.29, 0.717) is 24.7 Å². The molecule has 3 N–H and O–H groups in total. The van der Waals surface area contributed by atoms with Crippen molar-refractivity contribution in [2.75, 3.05) is 46.3 Å². The maximum absolute atomic E-state index is 6.11. The number of nitrogens with one attached hydrogen (secondary N) is 1. The number of benzene rings is 1. The van der Waals surface area contributed by atoms with E-state index in [-0.39, 0.29) is 0 Å². The lowest BCUT2D eigenvalue weighted by Gasteiger charge is -2.18. The Morgan fingerprint density at radius 3 is 2.59 bits per heavy atom. The molecule has 22 heavy (non-hydrogen) atoms. The third kappa shape index (κ3) is 4.93. The van der Waals surface area contributed by atoms with E-state index in [1.165, 1.54) is 0 Å². The van der Waals surface area contributed by atoms with Gasteiger partial charge >= 0.3 is 0 Å². The second-order valence-electron chi connectivity index (χ2n) is 5.22. The Labute approximate surface area is 133 Å². The normalized spacial score (nSPS) is 10.5. The van der Waals surface area contributed by atoms with Crippen molar-refractivity contribution in [2.24, 2.45) is 0 Å². The molecule has 0 aromatic heterocycles. The molecule has 0 bridgehead atoms. The first kappa shape index (κ1) is 18.3. The van der Waals surface area contributed by atoms with Crippen molar-refractivity contribution in [3.8, 4) is 11.5 Å². The van der Waals surface area contributed by atoms with Crippen LogP contribution < -0.4 is 20.5 Å². The van der Waals surface area contributed by atoms with E-state index in [2.05, 4.69) is 11.9 Å². The summed E-state index contributed by atoms with van der Waals surface area (Å²) in [5, 5.41) is 3.28. The minimum absolute atomic E-state index is 0.599. The highest BCUT2D eigenvalue weighted by atomic mass is 16.5. The highest BCUT2D eigenvalue weighted by Gasteiger charge is 2.15. The SMILES string of the molecule is C=C(C)c1c(N)cc(OCCCNCCOC)c(OC)c1C. The maximum atomic E-state index is 6.11. The fraction of sp³-hybridized carbons (Fsp3) is 0.529. The van der Waals surface area contributed by atoms with E-state index in [4.69, 9.17) is 19.9 Å². The summed E-state index contributed by atoms with van der Waals surface area (Å²) in [4.78, 5) is 0. The molecule has 0 spiro atoms. The van der Waals surface area contributed by atoms with Crippen LogP contribution in [0, 0.1) is 6.92 Å². The predicted molar refractivity (Wildman–Crippen MR) is 91.7 cm³/mol. The van der Waals surface area contributed by atoms with Crippen LogP contribution in [0.3, 0.4) is 0 Å². The Balaban J connectivity index is 2.65. The van der Waals surface area contributed by atoms with Crippen LogP contribution in [0.5, 0.6) is 11.5 Å². The molecule has 1 aromatic rings. The summed E-state index contributed by atoms with van der Waals surface area (Å²) in [6.45, 7) is 10.9. The lowest BCUT2D eigenvalue weighted by Crippen LogP contribution is -2.21. The van der Waals surface area contributed by atoms with Crippen molar-refractivity contribution in [3.63, 3.8) is 0 Å². The Morgan fingerprint density at radius 2 is 2.00 bits per heavy atom. The van der Waals surface area contributed by atoms with Gasteiger partial charge in [-0.1, -0.05) is 6.58 Å². The molecule has 5 nitrogen and oxygen atoms in total. The zero-order chi connectivity index (χ0) is 16.5. The number of ether oxygens (including phenoxy) is 3. The Kier molecular flexibility index (Phi) is 7.77.